The van der Waals surface area contributed by atoms with Gasteiger partial charge in [0.2, 0.25) is 0 Å². The van der Waals surface area contributed by atoms with Gasteiger partial charge in [-0.3, -0.25) is 4.98 Å². The molecule has 0 radical (unpaired) electrons. The number of aromatic nitrogens is 2. The van der Waals surface area contributed by atoms with Crippen LogP contribution in [0.15, 0.2) is 79.3 Å². The second-order valence-corrected chi connectivity index (χ2v) is 6.57. The molecule has 2 nitrogen and oxygen atoms in total. The van der Waals surface area contributed by atoms with Gasteiger partial charge < -0.3 is 4.98 Å². The quantitative estimate of drug-likeness (QED) is 0.510. The fraction of sp³-hybridized carbons (Fsp3) is 0.174. The maximum atomic E-state index is 4.20. The molecule has 0 fully saturated rings. The third kappa shape index (κ3) is 3.80. The van der Waals surface area contributed by atoms with Crippen LogP contribution in [0.1, 0.15) is 28.7 Å². The molecule has 25 heavy (non-hydrogen) atoms. The van der Waals surface area contributed by atoms with Crippen molar-refractivity contribution in [2.24, 2.45) is 0 Å². The Bertz CT molecular complexity index is 954. The Morgan fingerprint density at radius 1 is 0.800 bits per heavy atom. The number of rotatable bonds is 6. The summed E-state index contributed by atoms with van der Waals surface area (Å²) in [6.45, 7) is 0. The smallest absolute Gasteiger partial charge is 0.0456 e. The summed E-state index contributed by atoms with van der Waals surface area (Å²) in [5.41, 5.74) is 6.69. The SMILES string of the molecule is c1cncc(Cc2cccc(CCCc3c[nH]c4ccccc34)c2)c1. The van der Waals surface area contributed by atoms with Crippen LogP contribution in [0.3, 0.4) is 0 Å². The minimum Gasteiger partial charge on any atom is -0.361 e. The molecule has 2 aromatic heterocycles. The Hall–Kier alpha value is -2.87. The van der Waals surface area contributed by atoms with Crippen molar-refractivity contribution in [3.63, 3.8) is 0 Å². The molecule has 0 bridgehead atoms. The van der Waals surface area contributed by atoms with Gasteiger partial charge in [0.15, 0.2) is 0 Å². The van der Waals surface area contributed by atoms with E-state index in [0.717, 1.165) is 25.7 Å². The Balaban J connectivity index is 1.39. The zero-order valence-electron chi connectivity index (χ0n) is 14.3. The van der Waals surface area contributed by atoms with Crippen LogP contribution in [0.25, 0.3) is 10.9 Å². The monoisotopic (exact) mass is 326 g/mol. The molecule has 2 heteroatoms. The molecule has 0 amide bonds. The molecule has 2 heterocycles. The maximum Gasteiger partial charge on any atom is 0.0456 e. The minimum atomic E-state index is 0.949. The summed E-state index contributed by atoms with van der Waals surface area (Å²) in [7, 11) is 0. The molecular weight excluding hydrogens is 304 g/mol. The second-order valence-electron chi connectivity index (χ2n) is 6.57. The van der Waals surface area contributed by atoms with Crippen LogP contribution in [0, 0.1) is 0 Å². The van der Waals surface area contributed by atoms with E-state index in [1.165, 1.54) is 33.2 Å². The molecule has 2 aromatic carbocycles. The van der Waals surface area contributed by atoms with Gasteiger partial charge in [0.25, 0.3) is 0 Å². The van der Waals surface area contributed by atoms with E-state index in [1.54, 1.807) is 0 Å². The summed E-state index contributed by atoms with van der Waals surface area (Å²) in [5.74, 6) is 0. The van der Waals surface area contributed by atoms with E-state index in [9.17, 15) is 0 Å². The van der Waals surface area contributed by atoms with Gasteiger partial charge in [-0.05, 0) is 60.1 Å². The molecule has 0 aliphatic carbocycles. The third-order valence-corrected chi connectivity index (χ3v) is 4.71. The first-order chi connectivity index (χ1) is 12.4. The average Bonchev–Trinajstić information content (AvgIpc) is 3.06. The van der Waals surface area contributed by atoms with E-state index >= 15 is 0 Å². The summed E-state index contributed by atoms with van der Waals surface area (Å²) in [6.07, 6.45) is 10.3. The van der Waals surface area contributed by atoms with E-state index in [1.807, 2.05) is 18.5 Å². The number of para-hydroxylation sites is 1. The van der Waals surface area contributed by atoms with E-state index in [0.29, 0.717) is 0 Å². The molecule has 0 unspecified atom stereocenters. The fourth-order valence-corrected chi connectivity index (χ4v) is 3.45. The number of nitrogens with one attached hydrogen (secondary N) is 1. The number of hydrogen-bond donors (Lipinski definition) is 1. The van der Waals surface area contributed by atoms with E-state index in [4.69, 9.17) is 0 Å². The summed E-state index contributed by atoms with van der Waals surface area (Å²) < 4.78 is 0. The van der Waals surface area contributed by atoms with Gasteiger partial charge in [-0.15, -0.1) is 0 Å². The number of pyridine rings is 1. The summed E-state index contributed by atoms with van der Waals surface area (Å²) in [4.78, 5) is 7.57. The van der Waals surface area contributed by atoms with Crippen molar-refractivity contribution in [3.05, 3.63) is 102 Å². The first-order valence-corrected chi connectivity index (χ1v) is 8.90. The van der Waals surface area contributed by atoms with Crippen LogP contribution in [-0.2, 0) is 19.3 Å². The lowest BCUT2D eigenvalue weighted by Crippen LogP contribution is -1.93. The lowest BCUT2D eigenvalue weighted by Gasteiger charge is -2.06. The first-order valence-electron chi connectivity index (χ1n) is 8.90. The predicted molar refractivity (Wildman–Crippen MR) is 104 cm³/mol. The van der Waals surface area contributed by atoms with Gasteiger partial charge >= 0.3 is 0 Å². The highest BCUT2D eigenvalue weighted by atomic mass is 14.7. The number of aryl methyl sites for hydroxylation is 2. The highest BCUT2D eigenvalue weighted by molar-refractivity contribution is 5.82. The number of H-pyrrole nitrogens is 1. The molecule has 124 valence electrons. The van der Waals surface area contributed by atoms with Crippen LogP contribution < -0.4 is 0 Å². The van der Waals surface area contributed by atoms with Crippen molar-refractivity contribution in [2.45, 2.75) is 25.7 Å². The molecule has 4 rings (SSSR count). The standard InChI is InChI=1S/C23H22N2/c1-2-12-23-22(11-1)21(17-25-23)10-4-7-18-6-3-8-19(14-18)15-20-9-5-13-24-16-20/h1-3,5-6,8-9,11-14,16-17,25H,4,7,10,15H2. The van der Waals surface area contributed by atoms with Crippen molar-refractivity contribution in [3.8, 4) is 0 Å². The van der Waals surface area contributed by atoms with Crippen LogP contribution in [-0.4, -0.2) is 9.97 Å². The van der Waals surface area contributed by atoms with Crippen molar-refractivity contribution >= 4 is 10.9 Å². The third-order valence-electron chi connectivity index (χ3n) is 4.71. The van der Waals surface area contributed by atoms with Crippen LogP contribution in [0.5, 0.6) is 0 Å². The number of hydrogen-bond acceptors (Lipinski definition) is 1. The van der Waals surface area contributed by atoms with E-state index < -0.39 is 0 Å². The lowest BCUT2D eigenvalue weighted by molar-refractivity contribution is 0.823. The van der Waals surface area contributed by atoms with Crippen molar-refractivity contribution in [2.75, 3.05) is 0 Å². The van der Waals surface area contributed by atoms with Crippen LogP contribution in [0.2, 0.25) is 0 Å². The average molecular weight is 326 g/mol. The molecule has 1 N–H and O–H groups in total. The molecule has 0 spiro atoms. The number of nitrogens with zero attached hydrogens (tertiary/aromatic N) is 1. The largest absolute Gasteiger partial charge is 0.361 e. The van der Waals surface area contributed by atoms with Crippen molar-refractivity contribution in [1.29, 1.82) is 0 Å². The minimum absolute atomic E-state index is 0.949. The van der Waals surface area contributed by atoms with Gasteiger partial charge in [0.05, 0.1) is 0 Å². The van der Waals surface area contributed by atoms with Crippen molar-refractivity contribution in [1.82, 2.24) is 9.97 Å². The van der Waals surface area contributed by atoms with Gasteiger partial charge in [0.1, 0.15) is 0 Å². The van der Waals surface area contributed by atoms with Gasteiger partial charge in [-0.2, -0.15) is 0 Å². The fourth-order valence-electron chi connectivity index (χ4n) is 3.45. The first kappa shape index (κ1) is 15.6. The van der Waals surface area contributed by atoms with Crippen molar-refractivity contribution < 1.29 is 0 Å². The predicted octanol–water partition coefficient (Wildman–Crippen LogP) is 5.33. The normalized spacial score (nSPS) is 11.0. The summed E-state index contributed by atoms with van der Waals surface area (Å²) in [5, 5.41) is 1.35. The highest BCUT2D eigenvalue weighted by Crippen LogP contribution is 2.20. The van der Waals surface area contributed by atoms with Gasteiger partial charge in [-0.1, -0.05) is 48.5 Å². The number of fused-ring (bicyclic) bond motifs is 1. The zero-order chi connectivity index (χ0) is 16.9. The van der Waals surface area contributed by atoms with Gasteiger partial charge in [0, 0.05) is 29.5 Å². The maximum absolute atomic E-state index is 4.20. The van der Waals surface area contributed by atoms with E-state index in [-0.39, 0.29) is 0 Å². The topological polar surface area (TPSA) is 28.7 Å². The zero-order valence-corrected chi connectivity index (χ0v) is 14.3. The van der Waals surface area contributed by atoms with Gasteiger partial charge in [-0.25, -0.2) is 0 Å². The number of benzene rings is 2. The Morgan fingerprint density at radius 2 is 1.68 bits per heavy atom. The summed E-state index contributed by atoms with van der Waals surface area (Å²) in [6, 6.07) is 21.6. The summed E-state index contributed by atoms with van der Waals surface area (Å²) >= 11 is 0. The molecule has 0 saturated carbocycles. The molecule has 0 saturated heterocycles. The number of aromatic amines is 1. The molecule has 4 aromatic rings. The van der Waals surface area contributed by atoms with Crippen LogP contribution >= 0.6 is 0 Å². The molecule has 0 aliphatic rings. The van der Waals surface area contributed by atoms with Crippen LogP contribution in [0.4, 0.5) is 0 Å². The highest BCUT2D eigenvalue weighted by Gasteiger charge is 2.04. The van der Waals surface area contributed by atoms with E-state index in [2.05, 4.69) is 70.8 Å². The second kappa shape index (κ2) is 7.35. The molecule has 0 atom stereocenters. The Kier molecular flexibility index (Phi) is 4.60. The Labute approximate surface area is 148 Å². The Morgan fingerprint density at radius 3 is 2.60 bits per heavy atom. The lowest BCUT2D eigenvalue weighted by atomic mass is 10.00. The molecular formula is C23H22N2. The molecule has 0 aliphatic heterocycles.